The van der Waals surface area contributed by atoms with Crippen LogP contribution >= 0.6 is 0 Å². The van der Waals surface area contributed by atoms with Crippen LogP contribution in [0, 0.1) is 0 Å². The first kappa shape index (κ1) is 27.6. The first-order valence-electron chi connectivity index (χ1n) is 16.5. The van der Waals surface area contributed by atoms with Crippen LogP contribution in [0.25, 0.3) is 56.6 Å². The zero-order chi connectivity index (χ0) is 32.4. The van der Waals surface area contributed by atoms with Gasteiger partial charge in [-0.05, 0) is 52.6 Å². The molecule has 2 aliphatic rings. The van der Waals surface area contributed by atoms with E-state index in [0.717, 1.165) is 56.5 Å². The molecule has 0 radical (unpaired) electrons. The fourth-order valence-electron chi connectivity index (χ4n) is 7.70. The van der Waals surface area contributed by atoms with Crippen molar-refractivity contribution in [3.8, 4) is 68.0 Å². The van der Waals surface area contributed by atoms with Crippen molar-refractivity contribution in [1.82, 2.24) is 9.97 Å². The van der Waals surface area contributed by atoms with E-state index >= 15 is 0 Å². The zero-order valence-corrected chi connectivity index (χ0v) is 26.4. The van der Waals surface area contributed by atoms with Gasteiger partial charge in [-0.25, -0.2) is 9.97 Å². The van der Waals surface area contributed by atoms with Gasteiger partial charge >= 0.3 is 0 Å². The molecule has 0 N–H and O–H groups in total. The average Bonchev–Trinajstić information content (AvgIpc) is 3.78. The van der Waals surface area contributed by atoms with Gasteiger partial charge < -0.3 is 9.15 Å². The minimum atomic E-state index is -0.496. The van der Waals surface area contributed by atoms with Crippen LogP contribution in [0.3, 0.4) is 0 Å². The summed E-state index contributed by atoms with van der Waals surface area (Å²) in [5.41, 5.74) is 11.5. The summed E-state index contributed by atoms with van der Waals surface area (Å²) >= 11 is 0. The van der Waals surface area contributed by atoms with Crippen molar-refractivity contribution in [2.45, 2.75) is 5.41 Å². The first-order chi connectivity index (χ1) is 24.3. The summed E-state index contributed by atoms with van der Waals surface area (Å²) in [7, 11) is 0. The second-order valence-corrected chi connectivity index (χ2v) is 12.5. The van der Waals surface area contributed by atoms with Gasteiger partial charge in [0.1, 0.15) is 17.3 Å². The third-order valence-electron chi connectivity index (χ3n) is 9.83. The molecule has 1 aliphatic heterocycles. The minimum absolute atomic E-state index is 0.496. The van der Waals surface area contributed by atoms with E-state index < -0.39 is 5.41 Å². The van der Waals surface area contributed by atoms with Gasteiger partial charge in [-0.15, -0.1) is 0 Å². The van der Waals surface area contributed by atoms with Crippen LogP contribution in [0.2, 0.25) is 0 Å². The number of aromatic nitrogens is 2. The normalized spacial score (nSPS) is 13.2. The first-order valence-corrected chi connectivity index (χ1v) is 16.5. The summed E-state index contributed by atoms with van der Waals surface area (Å²) in [6, 6.07) is 58.7. The number of benzene rings is 6. The van der Waals surface area contributed by atoms with E-state index in [1.165, 1.54) is 22.3 Å². The summed E-state index contributed by atoms with van der Waals surface area (Å²) in [5, 5.41) is 0. The molecule has 4 heteroatoms. The number of nitrogens with zero attached hydrogens (tertiary/aromatic N) is 2. The number of furan rings is 1. The summed E-state index contributed by atoms with van der Waals surface area (Å²) in [6.45, 7) is 0. The lowest BCUT2D eigenvalue weighted by atomic mass is 9.66. The Hall–Kier alpha value is -6.52. The highest BCUT2D eigenvalue weighted by molar-refractivity contribution is 5.89. The third kappa shape index (κ3) is 4.17. The number of hydrogen-bond donors (Lipinski definition) is 0. The molecule has 0 saturated heterocycles. The lowest BCUT2D eigenvalue weighted by molar-refractivity contribution is 0.436. The van der Waals surface area contributed by atoms with E-state index in [2.05, 4.69) is 109 Å². The lowest BCUT2D eigenvalue weighted by Gasteiger charge is -2.39. The maximum Gasteiger partial charge on any atom is 0.196 e. The number of ether oxygens (including phenoxy) is 1. The Morgan fingerprint density at radius 2 is 0.918 bits per heavy atom. The number of para-hydroxylation sites is 1. The molecule has 8 aromatic rings. The standard InChI is InChI=1S/C45H28N2O2/c1-3-13-29(14-4-1)38-28-39(30-15-5-2-6-16-30)47-44(46-38)42-26-25-40(48-42)31-23-24-37-43(27-31)49-41-22-12-11-21-36(41)45(37)34-19-9-7-17-32(34)33-18-8-10-20-35(33)45/h1-28H. The Bertz CT molecular complexity index is 2430. The van der Waals surface area contributed by atoms with Gasteiger partial charge in [0.05, 0.1) is 16.8 Å². The van der Waals surface area contributed by atoms with Gasteiger partial charge in [0.25, 0.3) is 0 Å². The second kappa shape index (κ2) is 10.8. The van der Waals surface area contributed by atoms with Crippen molar-refractivity contribution in [3.05, 3.63) is 192 Å². The van der Waals surface area contributed by atoms with Crippen molar-refractivity contribution < 1.29 is 9.15 Å². The zero-order valence-electron chi connectivity index (χ0n) is 26.4. The topological polar surface area (TPSA) is 48.2 Å². The number of hydrogen-bond acceptors (Lipinski definition) is 4. The monoisotopic (exact) mass is 628 g/mol. The van der Waals surface area contributed by atoms with Gasteiger partial charge in [-0.1, -0.05) is 140 Å². The van der Waals surface area contributed by atoms with Crippen molar-refractivity contribution in [3.63, 3.8) is 0 Å². The Balaban J connectivity index is 1.11. The number of rotatable bonds is 4. The Morgan fingerprint density at radius 1 is 0.388 bits per heavy atom. The second-order valence-electron chi connectivity index (χ2n) is 12.5. The van der Waals surface area contributed by atoms with Crippen LogP contribution in [0.4, 0.5) is 0 Å². The van der Waals surface area contributed by atoms with Crippen molar-refractivity contribution in [1.29, 1.82) is 0 Å². The molecule has 3 heterocycles. The Labute approximate surface area is 284 Å². The predicted octanol–water partition coefficient (Wildman–Crippen LogP) is 11.2. The van der Waals surface area contributed by atoms with Gasteiger partial charge in [-0.3, -0.25) is 0 Å². The maximum absolute atomic E-state index is 6.71. The molecule has 49 heavy (non-hydrogen) atoms. The molecule has 0 atom stereocenters. The van der Waals surface area contributed by atoms with E-state index in [1.54, 1.807) is 0 Å². The molecular formula is C45H28N2O2. The van der Waals surface area contributed by atoms with Crippen LogP contribution in [0.15, 0.2) is 174 Å². The van der Waals surface area contributed by atoms with Crippen molar-refractivity contribution in [2.75, 3.05) is 0 Å². The summed E-state index contributed by atoms with van der Waals surface area (Å²) in [5.74, 6) is 3.53. The van der Waals surface area contributed by atoms with Crippen LogP contribution < -0.4 is 4.74 Å². The van der Waals surface area contributed by atoms with Gasteiger partial charge in [-0.2, -0.15) is 0 Å². The van der Waals surface area contributed by atoms with E-state index in [4.69, 9.17) is 19.1 Å². The van der Waals surface area contributed by atoms with Crippen LogP contribution in [-0.4, -0.2) is 9.97 Å². The SMILES string of the molecule is c1ccc(-c2cc(-c3ccccc3)nc(-c3ccc(-c4ccc5c(c4)Oc4ccccc4C54c5ccccc5-c5ccccc54)o3)n2)cc1. The van der Waals surface area contributed by atoms with Crippen molar-refractivity contribution >= 4 is 0 Å². The minimum Gasteiger partial charge on any atom is -0.457 e. The average molecular weight is 629 g/mol. The molecule has 6 aromatic carbocycles. The Morgan fingerprint density at radius 3 is 1.57 bits per heavy atom. The fraction of sp³-hybridized carbons (Fsp3) is 0.0222. The summed E-state index contributed by atoms with van der Waals surface area (Å²) in [6.07, 6.45) is 0. The molecule has 4 nitrogen and oxygen atoms in total. The van der Waals surface area contributed by atoms with Crippen LogP contribution in [0.1, 0.15) is 22.3 Å². The molecule has 0 amide bonds. The molecule has 1 aliphatic carbocycles. The quantitative estimate of drug-likeness (QED) is 0.195. The lowest BCUT2D eigenvalue weighted by Crippen LogP contribution is -2.32. The molecule has 1 spiro atoms. The largest absolute Gasteiger partial charge is 0.457 e. The Kier molecular flexibility index (Phi) is 6.06. The fourth-order valence-corrected chi connectivity index (χ4v) is 7.70. The van der Waals surface area contributed by atoms with E-state index in [9.17, 15) is 0 Å². The highest BCUT2D eigenvalue weighted by Gasteiger charge is 2.50. The molecule has 0 fully saturated rings. The molecule has 10 rings (SSSR count). The van der Waals surface area contributed by atoms with Crippen LogP contribution in [0.5, 0.6) is 11.5 Å². The molecule has 230 valence electrons. The smallest absolute Gasteiger partial charge is 0.196 e. The molecule has 2 aromatic heterocycles. The molecular weight excluding hydrogens is 601 g/mol. The maximum atomic E-state index is 6.71. The van der Waals surface area contributed by atoms with E-state index in [-0.39, 0.29) is 0 Å². The predicted molar refractivity (Wildman–Crippen MR) is 193 cm³/mol. The van der Waals surface area contributed by atoms with Gasteiger partial charge in [0, 0.05) is 27.8 Å². The highest BCUT2D eigenvalue weighted by atomic mass is 16.5. The van der Waals surface area contributed by atoms with E-state index in [1.807, 2.05) is 60.7 Å². The highest BCUT2D eigenvalue weighted by Crippen LogP contribution is 2.62. The van der Waals surface area contributed by atoms with Crippen molar-refractivity contribution in [2.24, 2.45) is 0 Å². The van der Waals surface area contributed by atoms with E-state index in [0.29, 0.717) is 11.6 Å². The summed E-state index contributed by atoms with van der Waals surface area (Å²) in [4.78, 5) is 9.93. The molecule has 0 unspecified atom stereocenters. The van der Waals surface area contributed by atoms with Crippen LogP contribution in [-0.2, 0) is 5.41 Å². The van der Waals surface area contributed by atoms with Gasteiger partial charge in [0.2, 0.25) is 0 Å². The molecule has 0 bridgehead atoms. The molecule has 0 saturated carbocycles. The van der Waals surface area contributed by atoms with Gasteiger partial charge in [0.15, 0.2) is 11.6 Å². The summed E-state index contributed by atoms with van der Waals surface area (Å²) < 4.78 is 13.3. The number of fused-ring (bicyclic) bond motifs is 9. The third-order valence-corrected chi connectivity index (χ3v) is 9.83.